The predicted molar refractivity (Wildman–Crippen MR) is 87.9 cm³/mol. The van der Waals surface area contributed by atoms with Gasteiger partial charge in [0, 0.05) is 6.54 Å². The van der Waals surface area contributed by atoms with Crippen LogP contribution < -0.4 is 10.9 Å². The largest absolute Gasteiger partial charge is 0.356 e. The van der Waals surface area contributed by atoms with Crippen LogP contribution in [0, 0.1) is 0 Å². The van der Waals surface area contributed by atoms with Gasteiger partial charge in [0.2, 0.25) is 5.95 Å². The molecule has 0 aliphatic heterocycles. The lowest BCUT2D eigenvalue weighted by Crippen LogP contribution is -2.24. The number of nitrogens with one attached hydrogen (secondary N) is 2. The molecule has 2 aromatic rings. The van der Waals surface area contributed by atoms with Crippen molar-refractivity contribution in [3.8, 4) is 0 Å². The monoisotopic (exact) mass is 288 g/mol. The zero-order chi connectivity index (χ0) is 15.1. The van der Waals surface area contributed by atoms with Gasteiger partial charge < -0.3 is 10.2 Å². The van der Waals surface area contributed by atoms with Crippen molar-refractivity contribution < 1.29 is 0 Å². The fraction of sp³-hybridized carbons (Fsp3) is 0.500. The van der Waals surface area contributed by atoms with Gasteiger partial charge in [-0.3, -0.25) is 9.78 Å². The molecule has 1 aromatic heterocycles. The Labute approximate surface area is 125 Å². The van der Waals surface area contributed by atoms with Crippen LogP contribution in [0.5, 0.6) is 0 Å². The number of para-hydroxylation sites is 1. The summed E-state index contributed by atoms with van der Waals surface area (Å²) >= 11 is 0. The van der Waals surface area contributed by atoms with Gasteiger partial charge in [0.1, 0.15) is 0 Å². The Morgan fingerprint density at radius 2 is 1.95 bits per heavy atom. The summed E-state index contributed by atoms with van der Waals surface area (Å²) in [6.07, 6.45) is 2.21. The molecule has 2 rings (SSSR count). The maximum atomic E-state index is 11.9. The third-order valence-electron chi connectivity index (χ3n) is 3.70. The molecule has 0 saturated carbocycles. The van der Waals surface area contributed by atoms with Gasteiger partial charge in [-0.15, -0.1) is 0 Å². The van der Waals surface area contributed by atoms with Crippen molar-refractivity contribution in [1.29, 1.82) is 0 Å². The molecule has 2 N–H and O–H groups in total. The lowest BCUT2D eigenvalue weighted by Gasteiger charge is -2.17. The van der Waals surface area contributed by atoms with Crippen LogP contribution in [0.3, 0.4) is 0 Å². The Morgan fingerprint density at radius 3 is 2.71 bits per heavy atom. The number of hydrogen-bond acceptors (Lipinski definition) is 4. The Bertz CT molecular complexity index is 619. The van der Waals surface area contributed by atoms with Gasteiger partial charge >= 0.3 is 0 Å². The molecule has 0 spiro atoms. The average Bonchev–Trinajstić information content (AvgIpc) is 2.51. The Morgan fingerprint density at radius 1 is 1.19 bits per heavy atom. The zero-order valence-electron chi connectivity index (χ0n) is 12.9. The maximum absolute atomic E-state index is 11.9. The van der Waals surface area contributed by atoms with E-state index in [4.69, 9.17) is 0 Å². The second-order valence-corrected chi connectivity index (χ2v) is 5.09. The second kappa shape index (κ2) is 7.78. The highest BCUT2D eigenvalue weighted by Crippen LogP contribution is 2.07. The first-order valence-corrected chi connectivity index (χ1v) is 7.70. The van der Waals surface area contributed by atoms with Crippen LogP contribution in [-0.4, -0.2) is 41.0 Å². The van der Waals surface area contributed by atoms with Gasteiger partial charge in [-0.25, -0.2) is 4.98 Å². The van der Waals surface area contributed by atoms with Crippen molar-refractivity contribution >= 4 is 16.9 Å². The van der Waals surface area contributed by atoms with Crippen LogP contribution in [0.1, 0.15) is 26.7 Å². The molecule has 0 bridgehead atoms. The van der Waals surface area contributed by atoms with E-state index in [0.29, 0.717) is 11.3 Å². The lowest BCUT2D eigenvalue weighted by atomic mass is 10.2. The van der Waals surface area contributed by atoms with Crippen molar-refractivity contribution in [1.82, 2.24) is 14.9 Å². The first kappa shape index (κ1) is 15.5. The van der Waals surface area contributed by atoms with E-state index in [-0.39, 0.29) is 5.56 Å². The Kier molecular flexibility index (Phi) is 5.75. The van der Waals surface area contributed by atoms with Gasteiger partial charge in [-0.1, -0.05) is 26.0 Å². The van der Waals surface area contributed by atoms with Gasteiger partial charge in [0.05, 0.1) is 10.9 Å². The number of anilines is 1. The third-order valence-corrected chi connectivity index (χ3v) is 3.70. The van der Waals surface area contributed by atoms with E-state index in [1.165, 1.54) is 0 Å². The van der Waals surface area contributed by atoms with Crippen LogP contribution in [-0.2, 0) is 0 Å². The van der Waals surface area contributed by atoms with Crippen molar-refractivity contribution in [3.63, 3.8) is 0 Å². The number of nitrogens with zero attached hydrogens (tertiary/aromatic N) is 2. The van der Waals surface area contributed by atoms with Crippen molar-refractivity contribution in [2.45, 2.75) is 26.7 Å². The van der Waals surface area contributed by atoms with Crippen LogP contribution >= 0.6 is 0 Å². The second-order valence-electron chi connectivity index (χ2n) is 5.09. The summed E-state index contributed by atoms with van der Waals surface area (Å²) in [6.45, 7) is 8.52. The van der Waals surface area contributed by atoms with E-state index in [2.05, 4.69) is 34.0 Å². The van der Waals surface area contributed by atoms with Crippen molar-refractivity contribution in [2.24, 2.45) is 0 Å². The van der Waals surface area contributed by atoms with E-state index in [1.54, 1.807) is 6.07 Å². The quantitative estimate of drug-likeness (QED) is 0.733. The minimum Gasteiger partial charge on any atom is -0.356 e. The fourth-order valence-corrected chi connectivity index (χ4v) is 2.38. The van der Waals surface area contributed by atoms with E-state index in [0.717, 1.165) is 44.5 Å². The highest BCUT2D eigenvalue weighted by molar-refractivity contribution is 5.78. The molecular formula is C16H24N4O. The molecule has 0 fully saturated rings. The number of H-pyrrole nitrogens is 1. The molecule has 5 nitrogen and oxygen atoms in total. The van der Waals surface area contributed by atoms with Crippen LogP contribution in [0.4, 0.5) is 5.95 Å². The molecule has 0 atom stereocenters. The third kappa shape index (κ3) is 4.29. The van der Waals surface area contributed by atoms with Crippen LogP contribution in [0.25, 0.3) is 10.9 Å². The highest BCUT2D eigenvalue weighted by atomic mass is 16.1. The number of hydrogen-bond donors (Lipinski definition) is 2. The van der Waals surface area contributed by atoms with E-state index in [9.17, 15) is 4.79 Å². The number of benzene rings is 1. The molecule has 1 heterocycles. The summed E-state index contributed by atoms with van der Waals surface area (Å²) < 4.78 is 0. The molecule has 0 amide bonds. The summed E-state index contributed by atoms with van der Waals surface area (Å²) in [5.74, 6) is 0.557. The van der Waals surface area contributed by atoms with Gasteiger partial charge in [-0.2, -0.15) is 0 Å². The van der Waals surface area contributed by atoms with Crippen LogP contribution in [0.15, 0.2) is 29.1 Å². The first-order valence-electron chi connectivity index (χ1n) is 7.70. The summed E-state index contributed by atoms with van der Waals surface area (Å²) in [6, 6.07) is 7.38. The molecule has 21 heavy (non-hydrogen) atoms. The minimum absolute atomic E-state index is 0.0914. The average molecular weight is 288 g/mol. The molecule has 0 aliphatic rings. The molecule has 0 aliphatic carbocycles. The van der Waals surface area contributed by atoms with Gasteiger partial charge in [-0.05, 0) is 44.6 Å². The lowest BCUT2D eigenvalue weighted by molar-refractivity contribution is 0.298. The maximum Gasteiger partial charge on any atom is 0.260 e. The molecule has 0 saturated heterocycles. The minimum atomic E-state index is -0.0914. The smallest absolute Gasteiger partial charge is 0.260 e. The van der Waals surface area contributed by atoms with Crippen LogP contribution in [0.2, 0.25) is 0 Å². The normalized spacial score (nSPS) is 11.2. The van der Waals surface area contributed by atoms with E-state index < -0.39 is 0 Å². The van der Waals surface area contributed by atoms with Crippen molar-refractivity contribution in [2.75, 3.05) is 31.5 Å². The van der Waals surface area contributed by atoms with Crippen molar-refractivity contribution in [3.05, 3.63) is 34.6 Å². The summed E-state index contributed by atoms with van der Waals surface area (Å²) in [5.41, 5.74) is 0.637. The summed E-state index contributed by atoms with van der Waals surface area (Å²) in [5, 5.41) is 3.83. The summed E-state index contributed by atoms with van der Waals surface area (Å²) in [7, 11) is 0. The standard InChI is InChI=1S/C16H24N4O/c1-3-20(4-2)12-8-7-11-17-16-18-14-10-6-5-9-13(14)15(21)19-16/h5-6,9-10H,3-4,7-8,11-12H2,1-2H3,(H2,17,18,19,21). The molecule has 0 radical (unpaired) electrons. The first-order chi connectivity index (χ1) is 10.2. The molecular weight excluding hydrogens is 264 g/mol. The zero-order valence-corrected chi connectivity index (χ0v) is 12.9. The molecule has 0 unspecified atom stereocenters. The highest BCUT2D eigenvalue weighted by Gasteiger charge is 2.02. The molecule has 5 heteroatoms. The Balaban J connectivity index is 1.85. The number of unbranched alkanes of at least 4 members (excludes halogenated alkanes) is 1. The van der Waals surface area contributed by atoms with Gasteiger partial charge in [0.15, 0.2) is 0 Å². The number of rotatable bonds is 8. The topological polar surface area (TPSA) is 61.0 Å². The van der Waals surface area contributed by atoms with Gasteiger partial charge in [0.25, 0.3) is 5.56 Å². The number of aromatic nitrogens is 2. The van der Waals surface area contributed by atoms with E-state index >= 15 is 0 Å². The molecule has 1 aromatic carbocycles. The SMILES string of the molecule is CCN(CC)CCCCNc1nc2ccccc2c(=O)[nH]1. The molecule has 114 valence electrons. The Hall–Kier alpha value is -1.88. The summed E-state index contributed by atoms with van der Waals surface area (Å²) in [4.78, 5) is 21.5. The predicted octanol–water partition coefficient (Wildman–Crippen LogP) is 2.46. The number of aromatic amines is 1. The fourth-order valence-electron chi connectivity index (χ4n) is 2.38. The number of fused-ring (bicyclic) bond motifs is 1. The van der Waals surface area contributed by atoms with E-state index in [1.807, 2.05) is 18.2 Å².